The molecule has 1 fully saturated rings. The molecule has 4 amide bonds. The monoisotopic (exact) mass is 610 g/mol. The van der Waals surface area contributed by atoms with E-state index in [9.17, 15) is 33.9 Å². The van der Waals surface area contributed by atoms with Gasteiger partial charge in [0.1, 0.15) is 18.2 Å². The van der Waals surface area contributed by atoms with Crippen LogP contribution in [0.25, 0.3) is 0 Å². The summed E-state index contributed by atoms with van der Waals surface area (Å²) in [4.78, 5) is 70.3. The Morgan fingerprint density at radius 1 is 0.767 bits per heavy atom. The van der Waals surface area contributed by atoms with Gasteiger partial charge in [-0.3, -0.25) is 9.59 Å². The average molecular weight is 611 g/mol. The van der Waals surface area contributed by atoms with E-state index in [1.165, 1.54) is 0 Å². The summed E-state index contributed by atoms with van der Waals surface area (Å²) in [6, 6.07) is -3.77. The van der Waals surface area contributed by atoms with Crippen molar-refractivity contribution < 1.29 is 48.8 Å². The van der Waals surface area contributed by atoms with Crippen LogP contribution in [0.2, 0.25) is 0 Å². The van der Waals surface area contributed by atoms with Crippen molar-refractivity contribution in [2.75, 3.05) is 13.1 Å². The van der Waals surface area contributed by atoms with Crippen molar-refractivity contribution in [2.45, 2.75) is 108 Å². The number of ether oxygens (including phenoxy) is 1. The van der Waals surface area contributed by atoms with Gasteiger partial charge >= 0.3 is 30.0 Å². The fraction of sp³-hybridized carbons (Fsp3) is 0.724. The molecule has 242 valence electrons. The summed E-state index contributed by atoms with van der Waals surface area (Å²) < 4.78 is 5.58. The molecule has 2 unspecified atom stereocenters. The zero-order valence-electron chi connectivity index (χ0n) is 24.6. The van der Waals surface area contributed by atoms with Crippen molar-refractivity contribution in [1.82, 2.24) is 21.3 Å². The first-order valence-corrected chi connectivity index (χ1v) is 15.2. The number of hydrogen-bond donors (Lipinski definition) is 7. The number of carbonyl (C=O) groups excluding carboxylic acids is 3. The van der Waals surface area contributed by atoms with Crippen molar-refractivity contribution in [3.8, 4) is 0 Å². The SMILES string of the molecule is O=C(O)CC[C@H](NC(=O)NC(CCCCNC(=O)C1CCC(CNC(=O)OC2CC/C=C/CCC2)CC1)C(=O)O)C(=O)O. The van der Waals surface area contributed by atoms with E-state index in [4.69, 9.17) is 14.9 Å². The standard InChI is InChI=1S/C29H46N4O10/c34-24(35)16-15-23(27(39)40)33-28(41)32-22(26(37)38)10-6-7-17-30-25(36)20-13-11-19(12-14-20)18-31-29(42)43-21-8-4-2-1-3-5-9-21/h1-2,19-23H,3-18H2,(H,30,36)(H,31,42)(H,34,35)(H,37,38)(H,39,40)(H2,32,33,41)/b2-1+/t19?,20?,21?,22?,23-/m0/s1. The molecule has 7 N–H and O–H groups in total. The first kappa shape index (κ1) is 35.4. The second kappa shape index (κ2) is 19.4. The van der Waals surface area contributed by atoms with Gasteiger partial charge in [-0.2, -0.15) is 0 Å². The number of carboxylic acid groups (broad SMARTS) is 3. The number of amides is 4. The summed E-state index contributed by atoms with van der Waals surface area (Å²) in [5.41, 5.74) is 0. The Morgan fingerprint density at radius 2 is 1.42 bits per heavy atom. The summed E-state index contributed by atoms with van der Waals surface area (Å²) in [5, 5.41) is 37.3. The molecule has 0 bridgehead atoms. The lowest BCUT2D eigenvalue weighted by molar-refractivity contribution is -0.140. The van der Waals surface area contributed by atoms with Crippen LogP contribution in [0.1, 0.15) is 89.9 Å². The van der Waals surface area contributed by atoms with E-state index in [0.29, 0.717) is 38.8 Å². The number of urea groups is 1. The summed E-state index contributed by atoms with van der Waals surface area (Å²) in [5.74, 6) is -3.83. The Hall–Kier alpha value is -3.84. The highest BCUT2D eigenvalue weighted by molar-refractivity contribution is 5.86. The van der Waals surface area contributed by atoms with E-state index >= 15 is 0 Å². The summed E-state index contributed by atoms with van der Waals surface area (Å²) in [6.45, 7) is 0.869. The number of rotatable bonds is 16. The predicted molar refractivity (Wildman–Crippen MR) is 154 cm³/mol. The van der Waals surface area contributed by atoms with Crippen LogP contribution >= 0.6 is 0 Å². The van der Waals surface area contributed by atoms with Crippen LogP contribution in [0, 0.1) is 11.8 Å². The highest BCUT2D eigenvalue weighted by Crippen LogP contribution is 2.28. The first-order chi connectivity index (χ1) is 20.5. The zero-order valence-corrected chi connectivity index (χ0v) is 24.6. The number of hydrogen-bond acceptors (Lipinski definition) is 7. The highest BCUT2D eigenvalue weighted by Gasteiger charge is 2.27. The van der Waals surface area contributed by atoms with Crippen LogP contribution in [0.5, 0.6) is 0 Å². The molecular weight excluding hydrogens is 564 g/mol. The Labute approximate surface area is 251 Å². The number of alkyl carbamates (subject to hydrolysis) is 1. The number of unbranched alkanes of at least 4 members (excludes halogenated alkanes) is 1. The normalized spacial score (nSPS) is 22.4. The van der Waals surface area contributed by atoms with Gasteiger partial charge < -0.3 is 41.3 Å². The fourth-order valence-electron chi connectivity index (χ4n) is 5.26. The van der Waals surface area contributed by atoms with E-state index in [0.717, 1.165) is 44.9 Å². The maximum absolute atomic E-state index is 12.6. The van der Waals surface area contributed by atoms with Crippen LogP contribution in [0.4, 0.5) is 9.59 Å². The summed E-state index contributed by atoms with van der Waals surface area (Å²) >= 11 is 0. The van der Waals surface area contributed by atoms with Gasteiger partial charge in [0.2, 0.25) is 5.91 Å². The molecule has 0 heterocycles. The van der Waals surface area contributed by atoms with Crippen LogP contribution in [0.15, 0.2) is 12.2 Å². The van der Waals surface area contributed by atoms with Gasteiger partial charge in [0.25, 0.3) is 0 Å². The van der Waals surface area contributed by atoms with Crippen molar-refractivity contribution >= 4 is 35.9 Å². The second-order valence-electron chi connectivity index (χ2n) is 11.2. The Balaban J connectivity index is 1.60. The minimum Gasteiger partial charge on any atom is -0.481 e. The first-order valence-electron chi connectivity index (χ1n) is 15.2. The van der Waals surface area contributed by atoms with Gasteiger partial charge in [-0.15, -0.1) is 0 Å². The molecule has 3 atom stereocenters. The molecule has 0 aromatic carbocycles. The van der Waals surface area contributed by atoms with Crippen molar-refractivity contribution in [3.63, 3.8) is 0 Å². The molecule has 1 saturated carbocycles. The number of carboxylic acids is 3. The van der Waals surface area contributed by atoms with Crippen molar-refractivity contribution in [2.24, 2.45) is 11.8 Å². The lowest BCUT2D eigenvalue weighted by Crippen LogP contribution is -2.51. The van der Waals surface area contributed by atoms with E-state index in [-0.39, 0.29) is 42.8 Å². The topological polar surface area (TPSA) is 220 Å². The molecule has 0 radical (unpaired) electrons. The lowest BCUT2D eigenvalue weighted by atomic mass is 9.81. The molecular formula is C29H46N4O10. The maximum atomic E-state index is 12.6. The van der Waals surface area contributed by atoms with Crippen LogP contribution in [-0.2, 0) is 23.9 Å². The molecule has 0 aliphatic heterocycles. The number of allylic oxidation sites excluding steroid dienone is 2. The van der Waals surface area contributed by atoms with E-state index < -0.39 is 42.4 Å². The Morgan fingerprint density at radius 3 is 2.07 bits per heavy atom. The third kappa shape index (κ3) is 14.8. The minimum absolute atomic E-state index is 0.0522. The average Bonchev–Trinajstić information content (AvgIpc) is 2.94. The quantitative estimate of drug-likeness (QED) is 0.1000. The summed E-state index contributed by atoms with van der Waals surface area (Å²) in [6.07, 6.45) is 11.7. The molecule has 0 aromatic heterocycles. The number of carbonyl (C=O) groups is 6. The second-order valence-corrected chi connectivity index (χ2v) is 11.2. The number of aliphatic carboxylic acids is 3. The molecule has 0 aromatic rings. The van der Waals surface area contributed by atoms with Crippen LogP contribution in [-0.4, -0.2) is 82.5 Å². The number of nitrogens with one attached hydrogen (secondary N) is 4. The molecule has 0 spiro atoms. The highest BCUT2D eigenvalue weighted by atomic mass is 16.6. The summed E-state index contributed by atoms with van der Waals surface area (Å²) in [7, 11) is 0. The molecule has 43 heavy (non-hydrogen) atoms. The van der Waals surface area contributed by atoms with Gasteiger partial charge in [0.15, 0.2) is 0 Å². The van der Waals surface area contributed by atoms with Crippen LogP contribution in [0.3, 0.4) is 0 Å². The van der Waals surface area contributed by atoms with Gasteiger partial charge in [0.05, 0.1) is 0 Å². The predicted octanol–water partition coefficient (Wildman–Crippen LogP) is 2.76. The minimum atomic E-state index is -1.47. The van der Waals surface area contributed by atoms with E-state index in [1.807, 2.05) is 0 Å². The molecule has 2 aliphatic rings. The van der Waals surface area contributed by atoms with E-state index in [2.05, 4.69) is 33.4 Å². The van der Waals surface area contributed by atoms with Crippen molar-refractivity contribution in [1.29, 1.82) is 0 Å². The fourth-order valence-corrected chi connectivity index (χ4v) is 5.26. The van der Waals surface area contributed by atoms with Gasteiger partial charge in [-0.25, -0.2) is 19.2 Å². The smallest absolute Gasteiger partial charge is 0.407 e. The molecule has 2 aliphatic carbocycles. The van der Waals surface area contributed by atoms with Gasteiger partial charge in [-0.05, 0) is 89.4 Å². The van der Waals surface area contributed by atoms with E-state index in [1.54, 1.807) is 0 Å². The maximum Gasteiger partial charge on any atom is 0.407 e. The Kier molecular flexibility index (Phi) is 15.9. The third-order valence-corrected chi connectivity index (χ3v) is 7.82. The van der Waals surface area contributed by atoms with Crippen LogP contribution < -0.4 is 21.3 Å². The largest absolute Gasteiger partial charge is 0.481 e. The molecule has 14 heteroatoms. The zero-order chi connectivity index (χ0) is 31.6. The third-order valence-electron chi connectivity index (χ3n) is 7.82. The molecule has 14 nitrogen and oxygen atoms in total. The lowest BCUT2D eigenvalue weighted by Gasteiger charge is -2.28. The van der Waals surface area contributed by atoms with Gasteiger partial charge in [0, 0.05) is 25.4 Å². The molecule has 0 saturated heterocycles. The van der Waals surface area contributed by atoms with Gasteiger partial charge in [-0.1, -0.05) is 12.2 Å². The van der Waals surface area contributed by atoms with Crippen molar-refractivity contribution in [3.05, 3.63) is 12.2 Å². The Bertz CT molecular complexity index is 980. The molecule has 2 rings (SSSR count).